The lowest BCUT2D eigenvalue weighted by Crippen LogP contribution is -2.16. The molecule has 1 nitrogen and oxygen atoms in total. The molecule has 0 aliphatic heterocycles. The second kappa shape index (κ2) is 5.77. The number of anilines is 2. The van der Waals surface area contributed by atoms with Crippen LogP contribution in [0.25, 0.3) is 21.5 Å². The zero-order valence-electron chi connectivity index (χ0n) is 13.2. The van der Waals surface area contributed by atoms with Gasteiger partial charge < -0.3 is 4.90 Å². The van der Waals surface area contributed by atoms with Crippen molar-refractivity contribution in [2.24, 2.45) is 0 Å². The van der Waals surface area contributed by atoms with E-state index in [0.29, 0.717) is 0 Å². The molecular weight excluding hydrogens is 278 g/mol. The van der Waals surface area contributed by atoms with Gasteiger partial charge in [0.25, 0.3) is 0 Å². The van der Waals surface area contributed by atoms with Gasteiger partial charge in [0.05, 0.1) is 0 Å². The first-order valence-corrected chi connectivity index (χ1v) is 8.11. The summed E-state index contributed by atoms with van der Waals surface area (Å²) in [6, 6.07) is 30.3. The van der Waals surface area contributed by atoms with Crippen LogP contribution in [0, 0.1) is 0 Å². The molecule has 0 atom stereocenters. The molecule has 0 saturated carbocycles. The predicted octanol–water partition coefficient (Wildman–Crippen LogP) is 6.15. The Morgan fingerprint density at radius 3 is 2.17 bits per heavy atom. The van der Waals surface area contributed by atoms with Crippen LogP contribution in [0.5, 0.6) is 0 Å². The highest BCUT2D eigenvalue weighted by molar-refractivity contribution is 5.97. The summed E-state index contributed by atoms with van der Waals surface area (Å²) >= 11 is 0. The van der Waals surface area contributed by atoms with E-state index in [2.05, 4.69) is 96.8 Å². The van der Waals surface area contributed by atoms with E-state index >= 15 is 0 Å². The van der Waals surface area contributed by atoms with Gasteiger partial charge in [-0.1, -0.05) is 66.7 Å². The fourth-order valence-corrected chi connectivity index (χ4v) is 3.28. The first-order valence-electron chi connectivity index (χ1n) is 8.11. The summed E-state index contributed by atoms with van der Waals surface area (Å²) in [5.74, 6) is 0. The largest absolute Gasteiger partial charge is 0.341 e. The maximum atomic E-state index is 2.38. The van der Waals surface area contributed by atoms with Gasteiger partial charge in [-0.05, 0) is 41.3 Å². The van der Waals surface area contributed by atoms with Crippen LogP contribution in [0.3, 0.4) is 0 Å². The number of hydrogen-bond donors (Lipinski definition) is 0. The summed E-state index contributed by atoms with van der Waals surface area (Å²) < 4.78 is 0. The van der Waals surface area contributed by atoms with Crippen LogP contribution in [0.15, 0.2) is 84.9 Å². The molecule has 4 rings (SSSR count). The molecule has 0 N–H and O–H groups in total. The van der Waals surface area contributed by atoms with Crippen molar-refractivity contribution >= 4 is 32.9 Å². The van der Waals surface area contributed by atoms with E-state index in [1.54, 1.807) is 0 Å². The van der Waals surface area contributed by atoms with Crippen molar-refractivity contribution in [1.82, 2.24) is 0 Å². The van der Waals surface area contributed by atoms with Crippen molar-refractivity contribution in [2.75, 3.05) is 11.4 Å². The molecule has 0 aliphatic carbocycles. The monoisotopic (exact) mass is 297 g/mol. The molecule has 0 aromatic heterocycles. The highest BCUT2D eigenvalue weighted by Crippen LogP contribution is 2.33. The smallest absolute Gasteiger partial charge is 0.0490 e. The molecule has 0 heterocycles. The topological polar surface area (TPSA) is 3.24 Å². The van der Waals surface area contributed by atoms with Gasteiger partial charge in [0.1, 0.15) is 0 Å². The second-order valence-electron chi connectivity index (χ2n) is 5.77. The van der Waals surface area contributed by atoms with E-state index in [4.69, 9.17) is 0 Å². The highest BCUT2D eigenvalue weighted by atomic mass is 15.1. The van der Waals surface area contributed by atoms with Gasteiger partial charge in [-0.25, -0.2) is 0 Å². The summed E-state index contributed by atoms with van der Waals surface area (Å²) in [5.41, 5.74) is 2.50. The van der Waals surface area contributed by atoms with Crippen molar-refractivity contribution in [3.8, 4) is 0 Å². The Morgan fingerprint density at radius 2 is 1.35 bits per heavy atom. The Bertz CT molecular complexity index is 966. The SMILES string of the molecule is CCN(c1ccc2ccccc2c1)c1cccc2ccccc12. The van der Waals surface area contributed by atoms with Crippen LogP contribution in [-0.4, -0.2) is 6.54 Å². The van der Waals surface area contributed by atoms with Crippen molar-refractivity contribution in [1.29, 1.82) is 0 Å². The minimum Gasteiger partial charge on any atom is -0.341 e. The van der Waals surface area contributed by atoms with Crippen LogP contribution in [0.2, 0.25) is 0 Å². The lowest BCUT2D eigenvalue weighted by Gasteiger charge is -2.25. The molecule has 0 radical (unpaired) electrons. The molecular formula is C22H19N. The Balaban J connectivity index is 1.89. The molecule has 4 aromatic carbocycles. The fraction of sp³-hybridized carbons (Fsp3) is 0.0909. The van der Waals surface area contributed by atoms with E-state index < -0.39 is 0 Å². The molecule has 0 saturated heterocycles. The lowest BCUT2D eigenvalue weighted by atomic mass is 10.1. The number of rotatable bonds is 3. The van der Waals surface area contributed by atoms with Crippen molar-refractivity contribution in [3.05, 3.63) is 84.9 Å². The van der Waals surface area contributed by atoms with Gasteiger partial charge in [0, 0.05) is 23.3 Å². The number of benzene rings is 4. The third-order valence-corrected chi connectivity index (χ3v) is 4.42. The van der Waals surface area contributed by atoms with Crippen LogP contribution >= 0.6 is 0 Å². The molecule has 0 amide bonds. The Morgan fingerprint density at radius 1 is 0.652 bits per heavy atom. The Kier molecular flexibility index (Phi) is 3.47. The average molecular weight is 297 g/mol. The standard InChI is InChI=1S/C22H19N/c1-2-23(20-15-14-17-8-3-4-10-19(17)16-20)22-13-7-11-18-9-5-6-12-21(18)22/h3-16H,2H2,1H3. The predicted molar refractivity (Wildman–Crippen MR) is 101 cm³/mol. The van der Waals surface area contributed by atoms with Gasteiger partial charge in [0.2, 0.25) is 0 Å². The second-order valence-corrected chi connectivity index (χ2v) is 5.77. The average Bonchev–Trinajstić information content (AvgIpc) is 2.62. The summed E-state index contributed by atoms with van der Waals surface area (Å²) in [6.45, 7) is 3.14. The van der Waals surface area contributed by atoms with E-state index in [-0.39, 0.29) is 0 Å². The number of fused-ring (bicyclic) bond motifs is 2. The third-order valence-electron chi connectivity index (χ3n) is 4.42. The highest BCUT2D eigenvalue weighted by Gasteiger charge is 2.10. The molecule has 4 aromatic rings. The summed E-state index contributed by atoms with van der Waals surface area (Å²) in [5, 5.41) is 5.14. The Labute approximate surface area is 136 Å². The quantitative estimate of drug-likeness (QED) is 0.438. The van der Waals surface area contributed by atoms with Crippen molar-refractivity contribution in [2.45, 2.75) is 6.92 Å². The normalized spacial score (nSPS) is 11.0. The van der Waals surface area contributed by atoms with Crippen LogP contribution in [0.4, 0.5) is 11.4 Å². The summed E-state index contributed by atoms with van der Waals surface area (Å²) in [4.78, 5) is 2.38. The molecule has 0 unspecified atom stereocenters. The van der Waals surface area contributed by atoms with Gasteiger partial charge in [-0.3, -0.25) is 0 Å². The zero-order chi connectivity index (χ0) is 15.6. The zero-order valence-corrected chi connectivity index (χ0v) is 13.2. The molecule has 0 bridgehead atoms. The van der Waals surface area contributed by atoms with Gasteiger partial charge in [-0.2, -0.15) is 0 Å². The molecule has 112 valence electrons. The summed E-state index contributed by atoms with van der Waals surface area (Å²) in [7, 11) is 0. The third kappa shape index (κ3) is 2.44. The molecule has 1 heteroatoms. The van der Waals surface area contributed by atoms with Gasteiger partial charge in [-0.15, -0.1) is 0 Å². The lowest BCUT2D eigenvalue weighted by molar-refractivity contribution is 1.03. The van der Waals surface area contributed by atoms with E-state index in [0.717, 1.165) is 6.54 Å². The minimum atomic E-state index is 0.937. The van der Waals surface area contributed by atoms with E-state index in [9.17, 15) is 0 Å². The Hall–Kier alpha value is -2.80. The number of hydrogen-bond acceptors (Lipinski definition) is 1. The fourth-order valence-electron chi connectivity index (χ4n) is 3.28. The van der Waals surface area contributed by atoms with Crippen molar-refractivity contribution in [3.63, 3.8) is 0 Å². The number of nitrogens with zero attached hydrogens (tertiary/aromatic N) is 1. The van der Waals surface area contributed by atoms with Crippen molar-refractivity contribution < 1.29 is 0 Å². The first kappa shape index (κ1) is 13.8. The maximum Gasteiger partial charge on any atom is 0.0490 e. The van der Waals surface area contributed by atoms with Gasteiger partial charge >= 0.3 is 0 Å². The first-order chi connectivity index (χ1) is 11.4. The van der Waals surface area contributed by atoms with Gasteiger partial charge in [0.15, 0.2) is 0 Å². The molecule has 0 aliphatic rings. The molecule has 0 fully saturated rings. The van der Waals surface area contributed by atoms with Crippen LogP contribution < -0.4 is 4.90 Å². The molecule has 0 spiro atoms. The van der Waals surface area contributed by atoms with Crippen LogP contribution in [0.1, 0.15) is 6.92 Å². The maximum absolute atomic E-state index is 2.38. The molecule has 23 heavy (non-hydrogen) atoms. The van der Waals surface area contributed by atoms with Crippen LogP contribution in [-0.2, 0) is 0 Å². The van der Waals surface area contributed by atoms with E-state index in [1.165, 1.54) is 32.9 Å². The summed E-state index contributed by atoms with van der Waals surface area (Å²) in [6.07, 6.45) is 0. The van der Waals surface area contributed by atoms with E-state index in [1.807, 2.05) is 0 Å². The minimum absolute atomic E-state index is 0.937.